The smallest absolute Gasteiger partial charge is 0.326 e. The molecule has 2 atom stereocenters. The topological polar surface area (TPSA) is 187 Å². The maximum absolute atomic E-state index is 12.3. The number of rotatable bonds is 8. The number of nitrogen functional groups attached to an aromatic ring is 1. The molecular formula is C20H23N5O6. The van der Waals surface area contributed by atoms with Gasteiger partial charge in [-0.2, -0.15) is 4.98 Å². The van der Waals surface area contributed by atoms with Gasteiger partial charge in [-0.25, -0.2) is 4.79 Å². The van der Waals surface area contributed by atoms with Crippen LogP contribution in [0.1, 0.15) is 34.3 Å². The summed E-state index contributed by atoms with van der Waals surface area (Å²) in [6.07, 6.45) is 0.634. The van der Waals surface area contributed by atoms with Crippen molar-refractivity contribution in [3.8, 4) is 0 Å². The monoisotopic (exact) mass is 429 g/mol. The molecule has 3 rings (SSSR count). The number of nitrogens with one attached hydrogen (secondary N) is 3. The Morgan fingerprint density at radius 3 is 2.58 bits per heavy atom. The van der Waals surface area contributed by atoms with Gasteiger partial charge in [-0.1, -0.05) is 12.1 Å². The number of fused-ring (bicyclic) bond motifs is 1. The molecule has 0 saturated carbocycles. The van der Waals surface area contributed by atoms with Gasteiger partial charge in [-0.05, 0) is 42.9 Å². The van der Waals surface area contributed by atoms with Crippen LogP contribution in [0.4, 0.5) is 11.8 Å². The van der Waals surface area contributed by atoms with E-state index in [1.165, 1.54) is 0 Å². The number of nitrogens with zero attached hydrogens (tertiary/aromatic N) is 1. The Morgan fingerprint density at radius 1 is 1.23 bits per heavy atom. The third kappa shape index (κ3) is 5.59. The number of carboxylic acids is 2. The van der Waals surface area contributed by atoms with Gasteiger partial charge < -0.3 is 26.6 Å². The molecule has 1 amide bonds. The minimum Gasteiger partial charge on any atom is -0.481 e. The molecule has 2 aromatic rings. The summed E-state index contributed by atoms with van der Waals surface area (Å²) in [6.45, 7) is 0.620. The second kappa shape index (κ2) is 9.28. The number of anilines is 2. The highest BCUT2D eigenvalue weighted by atomic mass is 16.4. The first kappa shape index (κ1) is 21.8. The Bertz CT molecular complexity index is 1050. The molecule has 1 unspecified atom stereocenters. The molecule has 0 spiro atoms. The standard InChI is InChI=1S/C20H23N5O6/c21-20-24-16-13(18(29)25-20)8-11(9-22-16)7-10-1-3-12(4-2-10)17(28)23-14(19(30)31)5-6-15(26)27/h1-4,11,14H,5-9H2,(H,23,28)(H,26,27)(H,30,31)(H4,21,22,24,25,29)/t11?,14-/m1/s1. The zero-order chi connectivity index (χ0) is 22.5. The fourth-order valence-electron chi connectivity index (χ4n) is 3.49. The van der Waals surface area contributed by atoms with Crippen LogP contribution in [0.3, 0.4) is 0 Å². The van der Waals surface area contributed by atoms with Crippen LogP contribution in [-0.4, -0.2) is 50.6 Å². The molecule has 164 valence electrons. The number of aromatic nitrogens is 2. The minimum absolute atomic E-state index is 0.0664. The molecule has 31 heavy (non-hydrogen) atoms. The Balaban J connectivity index is 1.61. The molecule has 2 heterocycles. The SMILES string of the molecule is Nc1nc2c(c(=O)[nH]1)CC(Cc1ccc(C(=O)N[C@H](CCC(=O)O)C(=O)O)cc1)CN2. The normalized spacial score (nSPS) is 15.9. The van der Waals surface area contributed by atoms with Crippen molar-refractivity contribution in [2.45, 2.75) is 31.7 Å². The van der Waals surface area contributed by atoms with Crippen molar-refractivity contribution in [2.75, 3.05) is 17.6 Å². The summed E-state index contributed by atoms with van der Waals surface area (Å²) in [6, 6.07) is 5.42. The van der Waals surface area contributed by atoms with Crippen LogP contribution in [-0.2, 0) is 22.4 Å². The van der Waals surface area contributed by atoms with E-state index in [-0.39, 0.29) is 35.8 Å². The van der Waals surface area contributed by atoms with E-state index >= 15 is 0 Å². The Kier molecular flexibility index (Phi) is 6.53. The highest BCUT2D eigenvalue weighted by Crippen LogP contribution is 2.23. The molecular weight excluding hydrogens is 406 g/mol. The lowest BCUT2D eigenvalue weighted by molar-refractivity contribution is -0.140. The van der Waals surface area contributed by atoms with Gasteiger partial charge in [0.05, 0.1) is 5.56 Å². The van der Waals surface area contributed by atoms with Gasteiger partial charge in [-0.15, -0.1) is 0 Å². The number of hydrogen-bond acceptors (Lipinski definition) is 7. The number of carbonyl (C=O) groups is 3. The first-order valence-electron chi connectivity index (χ1n) is 9.70. The molecule has 0 fully saturated rings. The third-order valence-electron chi connectivity index (χ3n) is 5.08. The molecule has 11 nitrogen and oxygen atoms in total. The summed E-state index contributed by atoms with van der Waals surface area (Å²) >= 11 is 0. The van der Waals surface area contributed by atoms with Crippen LogP contribution in [0.2, 0.25) is 0 Å². The number of carboxylic acid groups (broad SMARTS) is 2. The largest absolute Gasteiger partial charge is 0.481 e. The maximum atomic E-state index is 12.3. The van der Waals surface area contributed by atoms with Crippen LogP contribution >= 0.6 is 0 Å². The number of amides is 1. The van der Waals surface area contributed by atoms with Gasteiger partial charge in [0.15, 0.2) is 0 Å². The second-order valence-electron chi connectivity index (χ2n) is 7.43. The van der Waals surface area contributed by atoms with E-state index in [2.05, 4.69) is 20.6 Å². The highest BCUT2D eigenvalue weighted by Gasteiger charge is 2.24. The number of nitrogens with two attached hydrogens (primary N) is 1. The summed E-state index contributed by atoms with van der Waals surface area (Å²) in [7, 11) is 0. The maximum Gasteiger partial charge on any atom is 0.326 e. The van der Waals surface area contributed by atoms with Crippen LogP contribution in [0, 0.1) is 5.92 Å². The molecule has 11 heteroatoms. The molecule has 1 aromatic heterocycles. The zero-order valence-corrected chi connectivity index (χ0v) is 16.6. The molecule has 1 aliphatic heterocycles. The summed E-state index contributed by atoms with van der Waals surface area (Å²) in [5, 5.41) is 23.3. The Labute approximate surface area is 176 Å². The molecule has 0 bridgehead atoms. The van der Waals surface area contributed by atoms with E-state index in [9.17, 15) is 19.2 Å². The number of H-pyrrole nitrogens is 1. The summed E-state index contributed by atoms with van der Waals surface area (Å²) in [5.74, 6) is -2.30. The number of benzene rings is 1. The fourth-order valence-corrected chi connectivity index (χ4v) is 3.49. The molecule has 0 aliphatic carbocycles. The number of aliphatic carboxylic acids is 2. The average Bonchev–Trinajstić information content (AvgIpc) is 2.71. The highest BCUT2D eigenvalue weighted by molar-refractivity contribution is 5.96. The second-order valence-corrected chi connectivity index (χ2v) is 7.43. The van der Waals surface area contributed by atoms with Crippen molar-refractivity contribution in [3.63, 3.8) is 0 Å². The summed E-state index contributed by atoms with van der Waals surface area (Å²) in [4.78, 5) is 52.9. The molecule has 0 radical (unpaired) electrons. The van der Waals surface area contributed by atoms with E-state index in [0.717, 1.165) is 5.56 Å². The van der Waals surface area contributed by atoms with E-state index < -0.39 is 23.9 Å². The fraction of sp³-hybridized carbons (Fsp3) is 0.350. The molecule has 1 aliphatic rings. The predicted molar refractivity (Wildman–Crippen MR) is 111 cm³/mol. The van der Waals surface area contributed by atoms with Crippen molar-refractivity contribution in [3.05, 3.63) is 51.3 Å². The number of aromatic amines is 1. The van der Waals surface area contributed by atoms with E-state index in [4.69, 9.17) is 15.9 Å². The Hall–Kier alpha value is -3.89. The van der Waals surface area contributed by atoms with Crippen LogP contribution < -0.4 is 21.9 Å². The van der Waals surface area contributed by atoms with Crippen molar-refractivity contribution < 1.29 is 24.6 Å². The Morgan fingerprint density at radius 2 is 1.94 bits per heavy atom. The van der Waals surface area contributed by atoms with Crippen molar-refractivity contribution in [1.82, 2.24) is 15.3 Å². The van der Waals surface area contributed by atoms with Gasteiger partial charge >= 0.3 is 11.9 Å². The third-order valence-corrected chi connectivity index (χ3v) is 5.08. The zero-order valence-electron chi connectivity index (χ0n) is 16.6. The lowest BCUT2D eigenvalue weighted by Crippen LogP contribution is -2.41. The van der Waals surface area contributed by atoms with Crippen LogP contribution in [0.25, 0.3) is 0 Å². The van der Waals surface area contributed by atoms with E-state index in [1.54, 1.807) is 24.3 Å². The van der Waals surface area contributed by atoms with Crippen molar-refractivity contribution >= 4 is 29.6 Å². The van der Waals surface area contributed by atoms with Gasteiger partial charge in [0, 0.05) is 18.5 Å². The first-order chi connectivity index (χ1) is 14.7. The molecule has 0 saturated heterocycles. The quantitative estimate of drug-likeness (QED) is 0.341. The number of hydrogen-bond donors (Lipinski definition) is 6. The summed E-state index contributed by atoms with van der Waals surface area (Å²) in [5.41, 5.74) is 7.08. The minimum atomic E-state index is -1.29. The van der Waals surface area contributed by atoms with Crippen molar-refractivity contribution in [1.29, 1.82) is 0 Å². The molecule has 7 N–H and O–H groups in total. The van der Waals surface area contributed by atoms with Crippen LogP contribution in [0.15, 0.2) is 29.1 Å². The van der Waals surface area contributed by atoms with Gasteiger partial charge in [0.25, 0.3) is 11.5 Å². The van der Waals surface area contributed by atoms with E-state index in [1.807, 2.05) is 0 Å². The van der Waals surface area contributed by atoms with Crippen LogP contribution in [0.5, 0.6) is 0 Å². The number of carbonyl (C=O) groups excluding carboxylic acids is 1. The lowest BCUT2D eigenvalue weighted by atomic mass is 9.90. The van der Waals surface area contributed by atoms with E-state index in [0.29, 0.717) is 30.8 Å². The van der Waals surface area contributed by atoms with Gasteiger partial charge in [-0.3, -0.25) is 19.4 Å². The van der Waals surface area contributed by atoms with Crippen molar-refractivity contribution in [2.24, 2.45) is 5.92 Å². The predicted octanol–water partition coefficient (Wildman–Crippen LogP) is 0.227. The summed E-state index contributed by atoms with van der Waals surface area (Å²) < 4.78 is 0. The average molecular weight is 429 g/mol. The van der Waals surface area contributed by atoms with Gasteiger partial charge in [0.1, 0.15) is 11.9 Å². The lowest BCUT2D eigenvalue weighted by Gasteiger charge is -2.24. The first-order valence-corrected chi connectivity index (χ1v) is 9.70. The van der Waals surface area contributed by atoms with Gasteiger partial charge in [0.2, 0.25) is 5.95 Å². The molecule has 1 aromatic carbocycles.